The molecule has 0 saturated heterocycles. The molecule has 6 nitrogen and oxygen atoms in total. The number of hydrogen-bond acceptors (Lipinski definition) is 4. The van der Waals surface area contributed by atoms with Crippen LogP contribution in [-0.2, 0) is 4.79 Å². The number of carbonyl (C=O) groups excluding carboxylic acids is 1. The van der Waals surface area contributed by atoms with Gasteiger partial charge in [0, 0.05) is 45.4 Å². The lowest BCUT2D eigenvalue weighted by atomic mass is 9.91. The minimum absolute atomic E-state index is 0.0951. The monoisotopic (exact) mass is 550 g/mol. The minimum atomic E-state index is -0.324. The third kappa shape index (κ3) is 4.15. The Morgan fingerprint density at radius 1 is 1.03 bits per heavy atom. The Bertz CT molecular complexity index is 1760. The zero-order chi connectivity index (χ0) is 25.5. The number of pyridine rings is 2. The number of fused-ring (bicyclic) bond motifs is 2. The Hall–Kier alpha value is -4.10. The van der Waals surface area contributed by atoms with Gasteiger partial charge in [-0.2, -0.15) is 5.10 Å². The van der Waals surface area contributed by atoms with E-state index in [2.05, 4.69) is 25.9 Å². The Morgan fingerprint density at radius 2 is 1.86 bits per heavy atom. The summed E-state index contributed by atoms with van der Waals surface area (Å²) in [4.78, 5) is 34.2. The van der Waals surface area contributed by atoms with Crippen LogP contribution in [0.2, 0.25) is 0 Å². The normalized spacial score (nSPS) is 15.4. The van der Waals surface area contributed by atoms with Crippen molar-refractivity contribution < 1.29 is 4.79 Å². The summed E-state index contributed by atoms with van der Waals surface area (Å²) in [6, 6.07) is 25.3. The van der Waals surface area contributed by atoms with E-state index in [1.54, 1.807) is 11.2 Å². The van der Waals surface area contributed by atoms with Crippen molar-refractivity contribution in [3.63, 3.8) is 0 Å². The van der Waals surface area contributed by atoms with E-state index in [9.17, 15) is 9.59 Å². The number of nitrogens with one attached hydrogen (secondary N) is 1. The van der Waals surface area contributed by atoms with Gasteiger partial charge in [-0.1, -0.05) is 71.4 Å². The van der Waals surface area contributed by atoms with Crippen LogP contribution in [0.4, 0.5) is 0 Å². The highest BCUT2D eigenvalue weighted by Crippen LogP contribution is 2.38. The van der Waals surface area contributed by atoms with Crippen LogP contribution in [0.1, 0.15) is 36.9 Å². The summed E-state index contributed by atoms with van der Waals surface area (Å²) in [6.45, 7) is 1.82. The summed E-state index contributed by atoms with van der Waals surface area (Å²) in [7, 11) is 0. The molecule has 0 radical (unpaired) electrons. The third-order valence-electron chi connectivity index (χ3n) is 6.81. The van der Waals surface area contributed by atoms with Crippen molar-refractivity contribution in [1.29, 1.82) is 0 Å². The molecule has 2 aromatic heterocycles. The van der Waals surface area contributed by atoms with Crippen molar-refractivity contribution in [3.05, 3.63) is 111 Å². The molecule has 1 aliphatic heterocycles. The van der Waals surface area contributed by atoms with Crippen LogP contribution < -0.4 is 5.56 Å². The van der Waals surface area contributed by atoms with Crippen molar-refractivity contribution in [2.24, 2.45) is 5.10 Å². The second-order valence-electron chi connectivity index (χ2n) is 9.07. The van der Waals surface area contributed by atoms with Gasteiger partial charge in [0.15, 0.2) is 0 Å². The van der Waals surface area contributed by atoms with Crippen LogP contribution in [0, 0.1) is 0 Å². The van der Waals surface area contributed by atoms with E-state index in [-0.39, 0.29) is 17.5 Å². The lowest BCUT2D eigenvalue weighted by Crippen LogP contribution is -2.26. The van der Waals surface area contributed by atoms with Crippen molar-refractivity contribution in [1.82, 2.24) is 15.0 Å². The maximum atomic E-state index is 13.6. The van der Waals surface area contributed by atoms with Crippen molar-refractivity contribution >= 4 is 49.4 Å². The second-order valence-corrected chi connectivity index (χ2v) is 9.99. The number of hydrogen-bond donors (Lipinski definition) is 1. The SMILES string of the molecule is CCC(=O)N1N=C(c2c(-c3ccccc3)c3cc(Br)ccc3[nH]c2=O)CC1c1ccc2cccnc2c1. The molecule has 0 spiro atoms. The maximum Gasteiger partial charge on any atom is 0.258 e. The predicted octanol–water partition coefficient (Wildman–Crippen LogP) is 6.59. The van der Waals surface area contributed by atoms with Gasteiger partial charge in [0.2, 0.25) is 5.91 Å². The fourth-order valence-electron chi connectivity index (χ4n) is 5.05. The minimum Gasteiger partial charge on any atom is -0.321 e. The average Bonchev–Trinajstić information content (AvgIpc) is 3.37. The van der Waals surface area contributed by atoms with Crippen molar-refractivity contribution in [3.8, 4) is 11.1 Å². The van der Waals surface area contributed by atoms with Crippen molar-refractivity contribution in [2.45, 2.75) is 25.8 Å². The molecule has 1 aliphatic rings. The van der Waals surface area contributed by atoms with Gasteiger partial charge in [0.1, 0.15) is 0 Å². The van der Waals surface area contributed by atoms with Gasteiger partial charge in [0.05, 0.1) is 22.8 Å². The quantitative estimate of drug-likeness (QED) is 0.274. The highest BCUT2D eigenvalue weighted by atomic mass is 79.9. The Kier molecular flexibility index (Phi) is 5.93. The van der Waals surface area contributed by atoms with Crippen LogP contribution in [0.3, 0.4) is 0 Å². The molecule has 37 heavy (non-hydrogen) atoms. The standard InChI is InChI=1S/C30H23BrN4O2/c1-2-27(36)35-26(20-11-10-18-9-6-14-32-24(18)15-20)17-25(34-35)29-28(19-7-4-3-5-8-19)22-16-21(31)12-13-23(22)33-30(29)37/h3-16,26H,2,17H2,1H3,(H,33,37). The van der Waals surface area contributed by atoms with E-state index in [1.165, 1.54) is 0 Å². The molecular weight excluding hydrogens is 528 g/mol. The summed E-state index contributed by atoms with van der Waals surface area (Å²) >= 11 is 3.58. The first kappa shape index (κ1) is 23.3. The third-order valence-corrected chi connectivity index (χ3v) is 7.30. The van der Waals surface area contributed by atoms with Gasteiger partial charge in [-0.25, -0.2) is 5.01 Å². The molecule has 7 heteroatoms. The molecule has 1 unspecified atom stereocenters. The summed E-state index contributed by atoms with van der Waals surface area (Å²) < 4.78 is 0.910. The Balaban J connectivity index is 1.55. The van der Waals surface area contributed by atoms with E-state index in [0.717, 1.165) is 43.0 Å². The van der Waals surface area contributed by atoms with Gasteiger partial charge < -0.3 is 4.98 Å². The molecule has 1 amide bonds. The molecule has 3 aromatic carbocycles. The predicted molar refractivity (Wildman–Crippen MR) is 150 cm³/mol. The molecule has 0 saturated carbocycles. The number of hydrazone groups is 1. The van der Waals surface area contributed by atoms with Crippen LogP contribution in [0.25, 0.3) is 32.9 Å². The first-order chi connectivity index (χ1) is 18.0. The van der Waals surface area contributed by atoms with Gasteiger partial charge in [-0.05, 0) is 41.5 Å². The summed E-state index contributed by atoms with van der Waals surface area (Å²) in [5.41, 5.74) is 5.13. The zero-order valence-corrected chi connectivity index (χ0v) is 21.7. The van der Waals surface area contributed by atoms with Gasteiger partial charge in [-0.15, -0.1) is 0 Å². The molecule has 1 atom stereocenters. The first-order valence-corrected chi connectivity index (χ1v) is 13.0. The van der Waals surface area contributed by atoms with E-state index in [0.29, 0.717) is 24.1 Å². The molecule has 1 N–H and O–H groups in total. The number of carbonyl (C=O) groups is 1. The molecule has 182 valence electrons. The number of rotatable bonds is 4. The van der Waals surface area contributed by atoms with Crippen LogP contribution in [0.5, 0.6) is 0 Å². The number of halogens is 1. The van der Waals surface area contributed by atoms with Gasteiger partial charge >= 0.3 is 0 Å². The first-order valence-electron chi connectivity index (χ1n) is 12.2. The summed E-state index contributed by atoms with van der Waals surface area (Å²) in [6.07, 6.45) is 2.49. The lowest BCUT2D eigenvalue weighted by molar-refractivity contribution is -0.132. The molecular formula is C30H23BrN4O2. The van der Waals surface area contributed by atoms with E-state index in [4.69, 9.17) is 5.10 Å². The number of benzene rings is 3. The van der Waals surface area contributed by atoms with Gasteiger partial charge in [-0.3, -0.25) is 14.6 Å². The van der Waals surface area contributed by atoms with Gasteiger partial charge in [0.25, 0.3) is 5.56 Å². The van der Waals surface area contributed by atoms with E-state index in [1.807, 2.05) is 85.8 Å². The number of nitrogens with zero attached hydrogens (tertiary/aromatic N) is 3. The fraction of sp³-hybridized carbons (Fsp3) is 0.133. The maximum absolute atomic E-state index is 13.6. The Labute approximate surface area is 221 Å². The average molecular weight is 551 g/mol. The van der Waals surface area contributed by atoms with Crippen LogP contribution in [-0.4, -0.2) is 26.6 Å². The highest BCUT2D eigenvalue weighted by molar-refractivity contribution is 9.10. The van der Waals surface area contributed by atoms with Crippen LogP contribution >= 0.6 is 15.9 Å². The number of amides is 1. The summed E-state index contributed by atoms with van der Waals surface area (Å²) in [5.74, 6) is -0.0951. The largest absolute Gasteiger partial charge is 0.321 e. The molecule has 5 aromatic rings. The Morgan fingerprint density at radius 3 is 2.68 bits per heavy atom. The number of aromatic amines is 1. The molecule has 6 rings (SSSR count). The van der Waals surface area contributed by atoms with Crippen molar-refractivity contribution in [2.75, 3.05) is 0 Å². The van der Waals surface area contributed by atoms with E-state index >= 15 is 0 Å². The lowest BCUT2D eigenvalue weighted by Gasteiger charge is -2.21. The molecule has 0 bridgehead atoms. The van der Waals surface area contributed by atoms with E-state index < -0.39 is 0 Å². The topological polar surface area (TPSA) is 78.4 Å². The zero-order valence-electron chi connectivity index (χ0n) is 20.1. The summed E-state index contributed by atoms with van der Waals surface area (Å²) in [5, 5.41) is 8.27. The molecule has 0 fully saturated rings. The number of aromatic nitrogens is 2. The highest BCUT2D eigenvalue weighted by Gasteiger charge is 2.35. The molecule has 3 heterocycles. The number of H-pyrrole nitrogens is 1. The second kappa shape index (κ2) is 9.41. The smallest absolute Gasteiger partial charge is 0.258 e. The van der Waals surface area contributed by atoms with Crippen LogP contribution in [0.15, 0.2) is 99.4 Å². The fourth-order valence-corrected chi connectivity index (χ4v) is 5.41. The molecule has 0 aliphatic carbocycles.